The van der Waals surface area contributed by atoms with Gasteiger partial charge in [-0.25, -0.2) is 4.98 Å². The minimum atomic E-state index is -0.237. The van der Waals surface area contributed by atoms with Gasteiger partial charge in [-0.1, -0.05) is 12.5 Å². The van der Waals surface area contributed by atoms with Crippen molar-refractivity contribution >= 4 is 17.5 Å². The molecule has 1 aliphatic heterocycles. The van der Waals surface area contributed by atoms with E-state index in [9.17, 15) is 9.59 Å². The fraction of sp³-hybridized carbons (Fsp3) is 0.318. The van der Waals surface area contributed by atoms with Crippen LogP contribution in [0, 0.1) is 6.92 Å². The summed E-state index contributed by atoms with van der Waals surface area (Å²) >= 11 is 0. The molecule has 0 atom stereocenters. The molecule has 5 rings (SSSR count). The van der Waals surface area contributed by atoms with Gasteiger partial charge in [-0.3, -0.25) is 14.0 Å². The molecule has 1 saturated carbocycles. The Labute approximate surface area is 162 Å². The minimum absolute atomic E-state index is 0.158. The van der Waals surface area contributed by atoms with E-state index in [2.05, 4.69) is 22.4 Å². The van der Waals surface area contributed by atoms with Crippen LogP contribution in [-0.4, -0.2) is 21.3 Å². The topological polar surface area (TPSA) is 72.7 Å². The van der Waals surface area contributed by atoms with Crippen molar-refractivity contribution in [3.05, 3.63) is 64.6 Å². The molecule has 3 aromatic rings. The van der Waals surface area contributed by atoms with Crippen molar-refractivity contribution in [3.8, 4) is 5.75 Å². The Kier molecular flexibility index (Phi) is 3.93. The average molecular weight is 375 g/mol. The zero-order chi connectivity index (χ0) is 19.3. The van der Waals surface area contributed by atoms with Crippen LogP contribution in [0.2, 0.25) is 0 Å². The van der Waals surface area contributed by atoms with Crippen molar-refractivity contribution in [1.29, 1.82) is 0 Å². The van der Waals surface area contributed by atoms with Crippen molar-refractivity contribution in [3.63, 3.8) is 0 Å². The maximum absolute atomic E-state index is 12.8. The van der Waals surface area contributed by atoms with Crippen LogP contribution >= 0.6 is 0 Å². The van der Waals surface area contributed by atoms with Crippen LogP contribution in [0.15, 0.2) is 36.5 Å². The van der Waals surface area contributed by atoms with E-state index in [0.717, 1.165) is 22.5 Å². The fourth-order valence-electron chi connectivity index (χ4n) is 4.01. The van der Waals surface area contributed by atoms with Crippen LogP contribution in [0.1, 0.15) is 58.1 Å². The average Bonchev–Trinajstić information content (AvgIpc) is 3.15. The minimum Gasteiger partial charge on any atom is -0.426 e. The number of aromatic nitrogens is 2. The summed E-state index contributed by atoms with van der Waals surface area (Å²) in [5.41, 5.74) is 5.22. The lowest BCUT2D eigenvalue weighted by Crippen LogP contribution is -2.25. The molecule has 28 heavy (non-hydrogen) atoms. The Morgan fingerprint density at radius 3 is 2.93 bits per heavy atom. The van der Waals surface area contributed by atoms with E-state index >= 15 is 0 Å². The van der Waals surface area contributed by atoms with Crippen LogP contribution in [0.5, 0.6) is 5.75 Å². The number of imidazole rings is 1. The Morgan fingerprint density at radius 2 is 2.14 bits per heavy atom. The monoisotopic (exact) mass is 375 g/mol. The molecule has 0 spiro atoms. The first-order valence-corrected chi connectivity index (χ1v) is 9.68. The van der Waals surface area contributed by atoms with E-state index in [4.69, 9.17) is 4.74 Å². The van der Waals surface area contributed by atoms with Gasteiger partial charge in [0.05, 0.1) is 12.1 Å². The second-order valence-electron chi connectivity index (χ2n) is 7.64. The van der Waals surface area contributed by atoms with Crippen molar-refractivity contribution in [2.45, 2.75) is 45.1 Å². The molecule has 142 valence electrons. The summed E-state index contributed by atoms with van der Waals surface area (Å²) < 4.78 is 6.97. The third kappa shape index (κ3) is 2.85. The van der Waals surface area contributed by atoms with Crippen LogP contribution in [0.3, 0.4) is 0 Å². The third-order valence-corrected chi connectivity index (χ3v) is 5.75. The summed E-state index contributed by atoms with van der Waals surface area (Å²) in [5.74, 6) is 0.850. The zero-order valence-electron chi connectivity index (χ0n) is 15.7. The molecule has 1 aromatic carbocycles. The predicted molar refractivity (Wildman–Crippen MR) is 103 cm³/mol. The molecule has 1 amide bonds. The first kappa shape index (κ1) is 17.0. The zero-order valence-corrected chi connectivity index (χ0v) is 15.7. The molecule has 3 heterocycles. The predicted octanol–water partition coefficient (Wildman–Crippen LogP) is 3.30. The first-order chi connectivity index (χ1) is 13.6. The highest BCUT2D eigenvalue weighted by atomic mass is 16.5. The first-order valence-electron chi connectivity index (χ1n) is 9.68. The van der Waals surface area contributed by atoms with Crippen molar-refractivity contribution in [2.75, 3.05) is 0 Å². The van der Waals surface area contributed by atoms with Crippen molar-refractivity contribution in [1.82, 2.24) is 14.7 Å². The molecule has 6 heteroatoms. The number of aryl methyl sites for hydroxylation is 1. The lowest BCUT2D eigenvalue weighted by Gasteiger charge is -2.25. The largest absolute Gasteiger partial charge is 0.426 e. The van der Waals surface area contributed by atoms with Gasteiger partial charge in [-0.05, 0) is 61.1 Å². The number of ether oxygens (including phenoxy) is 1. The number of carbonyl (C=O) groups excluding carboxylic acids is 2. The Hall–Kier alpha value is -3.15. The van der Waals surface area contributed by atoms with E-state index in [1.54, 1.807) is 6.07 Å². The number of nitrogens with one attached hydrogen (secondary N) is 1. The second-order valence-corrected chi connectivity index (χ2v) is 7.64. The van der Waals surface area contributed by atoms with Gasteiger partial charge in [0.25, 0.3) is 5.91 Å². The van der Waals surface area contributed by atoms with Gasteiger partial charge in [0.1, 0.15) is 17.1 Å². The normalized spacial score (nSPS) is 16.0. The van der Waals surface area contributed by atoms with Gasteiger partial charge in [0.15, 0.2) is 0 Å². The van der Waals surface area contributed by atoms with E-state index in [1.807, 2.05) is 29.7 Å². The summed E-state index contributed by atoms with van der Waals surface area (Å²) in [7, 11) is 0. The van der Waals surface area contributed by atoms with Gasteiger partial charge in [-0.15, -0.1) is 0 Å². The van der Waals surface area contributed by atoms with Crippen LogP contribution in [0.4, 0.5) is 0 Å². The van der Waals surface area contributed by atoms with Crippen molar-refractivity contribution in [2.24, 2.45) is 0 Å². The number of hydrogen-bond donors (Lipinski definition) is 1. The molecule has 0 radical (unpaired) electrons. The molecule has 2 aromatic heterocycles. The molecule has 0 bridgehead atoms. The summed E-state index contributed by atoms with van der Waals surface area (Å²) in [5, 5.41) is 2.97. The number of fused-ring (bicyclic) bond motifs is 2. The molecule has 2 aliphatic rings. The maximum Gasteiger partial charge on any atom is 0.315 e. The summed E-state index contributed by atoms with van der Waals surface area (Å²) in [4.78, 5) is 28.8. The summed E-state index contributed by atoms with van der Waals surface area (Å²) in [6.45, 7) is 2.25. The van der Waals surface area contributed by atoms with Crippen LogP contribution < -0.4 is 10.1 Å². The molecule has 0 unspecified atom stereocenters. The van der Waals surface area contributed by atoms with Gasteiger partial charge in [0, 0.05) is 18.3 Å². The second kappa shape index (κ2) is 6.48. The molecular weight excluding hydrogens is 354 g/mol. The lowest BCUT2D eigenvalue weighted by molar-refractivity contribution is -0.131. The van der Waals surface area contributed by atoms with Crippen LogP contribution in [-0.2, 0) is 17.8 Å². The SMILES string of the molecule is Cc1nc2cc(C3CCC3)ccn2c1C(=O)NCc1ccc2c(c1)CC(=O)O2. The highest BCUT2D eigenvalue weighted by Crippen LogP contribution is 2.36. The number of nitrogens with zero attached hydrogens (tertiary/aromatic N) is 2. The van der Waals surface area contributed by atoms with Gasteiger partial charge in [-0.2, -0.15) is 0 Å². The van der Waals surface area contributed by atoms with Crippen molar-refractivity contribution < 1.29 is 14.3 Å². The maximum atomic E-state index is 12.8. The Morgan fingerprint density at radius 1 is 1.29 bits per heavy atom. The van der Waals surface area contributed by atoms with Gasteiger partial charge >= 0.3 is 5.97 Å². The number of carbonyl (C=O) groups is 2. The summed E-state index contributed by atoms with van der Waals surface area (Å²) in [6, 6.07) is 9.76. The number of amides is 1. The number of benzene rings is 1. The van der Waals surface area contributed by atoms with Crippen LogP contribution in [0.25, 0.3) is 5.65 Å². The molecule has 1 fully saturated rings. The number of rotatable bonds is 4. The van der Waals surface area contributed by atoms with E-state index < -0.39 is 0 Å². The number of hydrogen-bond acceptors (Lipinski definition) is 4. The molecule has 1 N–H and O–H groups in total. The molecule has 6 nitrogen and oxygen atoms in total. The quantitative estimate of drug-likeness (QED) is 0.561. The third-order valence-electron chi connectivity index (χ3n) is 5.75. The highest BCUT2D eigenvalue weighted by molar-refractivity contribution is 5.94. The lowest BCUT2D eigenvalue weighted by atomic mass is 9.80. The van der Waals surface area contributed by atoms with Gasteiger partial charge in [0.2, 0.25) is 0 Å². The smallest absolute Gasteiger partial charge is 0.315 e. The Balaban J connectivity index is 1.35. The number of pyridine rings is 1. The standard InChI is InChI=1S/C22H21N3O3/c1-13-21(25-8-7-16(10-19(25)24-13)15-3-2-4-15)22(27)23-12-14-5-6-18-17(9-14)11-20(26)28-18/h5-10,15H,2-4,11-12H2,1H3,(H,23,27). The summed E-state index contributed by atoms with van der Waals surface area (Å²) in [6.07, 6.45) is 6.00. The molecular formula is C22H21N3O3. The van der Waals surface area contributed by atoms with E-state index in [0.29, 0.717) is 23.9 Å². The molecule has 0 saturated heterocycles. The van der Waals surface area contributed by atoms with Gasteiger partial charge < -0.3 is 10.1 Å². The molecule has 1 aliphatic carbocycles. The number of esters is 1. The Bertz CT molecular complexity index is 1110. The van der Waals surface area contributed by atoms with E-state index in [1.165, 1.54) is 24.8 Å². The van der Waals surface area contributed by atoms with E-state index in [-0.39, 0.29) is 18.3 Å². The highest BCUT2D eigenvalue weighted by Gasteiger charge is 2.23. The fourth-order valence-corrected chi connectivity index (χ4v) is 4.01.